The van der Waals surface area contributed by atoms with E-state index in [1.807, 2.05) is 19.1 Å². The van der Waals surface area contributed by atoms with Crippen LogP contribution in [-0.4, -0.2) is 13.1 Å². The van der Waals surface area contributed by atoms with E-state index in [0.717, 1.165) is 16.5 Å². The minimum Gasteiger partial charge on any atom is -0.489 e. The maximum absolute atomic E-state index is 11.8. The minimum atomic E-state index is -0.535. The number of furan rings is 1. The van der Waals surface area contributed by atoms with Gasteiger partial charge in [-0.1, -0.05) is 0 Å². The number of aryl methyl sites for hydroxylation is 2. The second-order valence-corrected chi connectivity index (χ2v) is 5.77. The summed E-state index contributed by atoms with van der Waals surface area (Å²) in [7, 11) is 1.29. The summed E-state index contributed by atoms with van der Waals surface area (Å²) in [5, 5.41) is 0.872. The first-order valence-electron chi connectivity index (χ1n) is 7.75. The van der Waals surface area contributed by atoms with Crippen LogP contribution in [0.3, 0.4) is 0 Å². The van der Waals surface area contributed by atoms with Crippen LogP contribution in [0.25, 0.3) is 11.0 Å². The maximum atomic E-state index is 11.8. The number of fused-ring (bicyclic) bond motifs is 1. The Kier molecular flexibility index (Phi) is 4.35. The van der Waals surface area contributed by atoms with Crippen molar-refractivity contribution in [2.45, 2.75) is 27.4 Å². The monoisotopic (exact) mass is 342 g/mol. The van der Waals surface area contributed by atoms with E-state index in [2.05, 4.69) is 4.74 Å². The predicted octanol–water partition coefficient (Wildman–Crippen LogP) is 3.68. The summed E-state index contributed by atoms with van der Waals surface area (Å²) < 4.78 is 21.1. The molecule has 0 radical (unpaired) electrons. The molecule has 0 saturated heterocycles. The fourth-order valence-electron chi connectivity index (χ4n) is 2.54. The smallest absolute Gasteiger partial charge is 0.373 e. The number of ether oxygens (including phenoxy) is 2. The highest BCUT2D eigenvalue weighted by molar-refractivity contribution is 5.86. The predicted molar refractivity (Wildman–Crippen MR) is 91.1 cm³/mol. The Balaban J connectivity index is 1.84. The van der Waals surface area contributed by atoms with Crippen LogP contribution >= 0.6 is 0 Å². The Morgan fingerprint density at radius 2 is 1.84 bits per heavy atom. The average Bonchev–Trinajstić information content (AvgIpc) is 2.98. The third kappa shape index (κ3) is 3.15. The fraction of sp³-hybridized carbons (Fsp3) is 0.263. The maximum Gasteiger partial charge on any atom is 0.373 e. The molecule has 0 fully saturated rings. The van der Waals surface area contributed by atoms with Gasteiger partial charge in [0.05, 0.1) is 7.11 Å². The second-order valence-electron chi connectivity index (χ2n) is 5.77. The molecule has 0 saturated carbocycles. The van der Waals surface area contributed by atoms with Crippen molar-refractivity contribution in [2.24, 2.45) is 0 Å². The number of carbonyl (C=O) groups excluding carboxylic acids is 1. The van der Waals surface area contributed by atoms with Crippen molar-refractivity contribution in [3.05, 3.63) is 62.9 Å². The third-order valence-corrected chi connectivity index (χ3v) is 4.23. The molecular weight excluding hydrogens is 324 g/mol. The summed E-state index contributed by atoms with van der Waals surface area (Å²) in [6.07, 6.45) is 0. The van der Waals surface area contributed by atoms with E-state index in [1.165, 1.54) is 7.11 Å². The van der Waals surface area contributed by atoms with E-state index in [9.17, 15) is 9.59 Å². The van der Waals surface area contributed by atoms with Gasteiger partial charge in [-0.05, 0) is 44.5 Å². The third-order valence-electron chi connectivity index (χ3n) is 4.23. The average molecular weight is 342 g/mol. The van der Waals surface area contributed by atoms with Crippen LogP contribution in [0.1, 0.15) is 33.0 Å². The molecule has 0 aliphatic heterocycles. The minimum absolute atomic E-state index is 0.134. The molecule has 0 aliphatic rings. The number of hydrogen-bond acceptors (Lipinski definition) is 6. The first kappa shape index (κ1) is 16.8. The summed E-state index contributed by atoms with van der Waals surface area (Å²) in [6.45, 7) is 5.59. The Morgan fingerprint density at radius 3 is 2.56 bits per heavy atom. The van der Waals surface area contributed by atoms with E-state index in [-0.39, 0.29) is 18.0 Å². The summed E-state index contributed by atoms with van der Waals surface area (Å²) in [5.74, 6) is 0.736. The Labute approximate surface area is 144 Å². The fourth-order valence-corrected chi connectivity index (χ4v) is 2.54. The molecule has 3 rings (SSSR count). The van der Waals surface area contributed by atoms with Crippen molar-refractivity contribution in [2.75, 3.05) is 7.11 Å². The van der Waals surface area contributed by atoms with E-state index in [4.69, 9.17) is 13.6 Å². The number of carbonyl (C=O) groups is 1. The highest BCUT2D eigenvalue weighted by Crippen LogP contribution is 2.25. The molecule has 0 bridgehead atoms. The number of hydrogen-bond donors (Lipinski definition) is 0. The van der Waals surface area contributed by atoms with E-state index < -0.39 is 5.97 Å². The lowest BCUT2D eigenvalue weighted by Crippen LogP contribution is -2.05. The Morgan fingerprint density at radius 1 is 1.08 bits per heavy atom. The molecule has 0 atom stereocenters. The van der Waals surface area contributed by atoms with E-state index in [1.54, 1.807) is 26.0 Å². The second kappa shape index (κ2) is 6.47. The summed E-state index contributed by atoms with van der Waals surface area (Å²) in [6, 6.07) is 6.94. The van der Waals surface area contributed by atoms with Gasteiger partial charge in [-0.2, -0.15) is 0 Å². The quantitative estimate of drug-likeness (QED) is 0.532. The lowest BCUT2D eigenvalue weighted by Gasteiger charge is -2.08. The van der Waals surface area contributed by atoms with Gasteiger partial charge in [0.25, 0.3) is 0 Å². The van der Waals surface area contributed by atoms with Crippen LogP contribution in [0.4, 0.5) is 0 Å². The van der Waals surface area contributed by atoms with Crippen molar-refractivity contribution in [3.63, 3.8) is 0 Å². The largest absolute Gasteiger partial charge is 0.489 e. The van der Waals surface area contributed by atoms with Gasteiger partial charge in [-0.3, -0.25) is 0 Å². The molecule has 0 spiro atoms. The first-order chi connectivity index (χ1) is 11.9. The van der Waals surface area contributed by atoms with Gasteiger partial charge in [0.15, 0.2) is 0 Å². The molecule has 2 aromatic heterocycles. The molecule has 0 amide bonds. The van der Waals surface area contributed by atoms with Crippen molar-refractivity contribution in [1.29, 1.82) is 0 Å². The summed E-state index contributed by atoms with van der Waals surface area (Å²) in [5.41, 5.74) is 2.36. The van der Waals surface area contributed by atoms with Crippen LogP contribution in [0.15, 0.2) is 37.9 Å². The zero-order valence-electron chi connectivity index (χ0n) is 14.5. The molecule has 25 heavy (non-hydrogen) atoms. The van der Waals surface area contributed by atoms with Crippen LogP contribution in [0.5, 0.6) is 5.75 Å². The molecule has 0 aliphatic carbocycles. The SMILES string of the molecule is COC(=O)c1cc(COc2ccc3c(C)c(C)c(=O)oc3c2)c(C)o1. The molecule has 6 nitrogen and oxygen atoms in total. The van der Waals surface area contributed by atoms with Crippen molar-refractivity contribution in [1.82, 2.24) is 0 Å². The normalized spacial score (nSPS) is 10.9. The highest BCUT2D eigenvalue weighted by Gasteiger charge is 2.15. The van der Waals surface area contributed by atoms with Crippen molar-refractivity contribution in [3.8, 4) is 5.75 Å². The lowest BCUT2D eigenvalue weighted by molar-refractivity contribution is 0.0563. The summed E-state index contributed by atoms with van der Waals surface area (Å²) >= 11 is 0. The molecule has 0 unspecified atom stereocenters. The molecule has 2 heterocycles. The molecule has 3 aromatic rings. The lowest BCUT2D eigenvalue weighted by atomic mass is 10.1. The van der Waals surface area contributed by atoms with Crippen LogP contribution in [-0.2, 0) is 11.3 Å². The number of esters is 1. The standard InChI is InChI=1S/C19H18O6/c1-10-11(2)18(20)25-16-8-14(5-6-15(10)16)23-9-13-7-17(19(21)22-4)24-12(13)3/h5-8H,9H2,1-4H3. The molecular formula is C19H18O6. The van der Waals surface area contributed by atoms with Gasteiger partial charge >= 0.3 is 11.6 Å². The van der Waals surface area contributed by atoms with E-state index >= 15 is 0 Å². The topological polar surface area (TPSA) is 78.9 Å². The molecule has 6 heteroatoms. The van der Waals surface area contributed by atoms with Crippen molar-refractivity contribution < 1.29 is 23.1 Å². The highest BCUT2D eigenvalue weighted by atomic mass is 16.5. The van der Waals surface area contributed by atoms with Gasteiger partial charge < -0.3 is 18.3 Å². The van der Waals surface area contributed by atoms with Crippen molar-refractivity contribution >= 4 is 16.9 Å². The van der Waals surface area contributed by atoms with Crippen LogP contribution < -0.4 is 10.4 Å². The zero-order chi connectivity index (χ0) is 18.1. The van der Waals surface area contributed by atoms with Gasteiger partial charge in [-0.15, -0.1) is 0 Å². The number of methoxy groups -OCH3 is 1. The zero-order valence-corrected chi connectivity index (χ0v) is 14.5. The number of benzene rings is 1. The Hall–Kier alpha value is -3.02. The molecule has 1 aromatic carbocycles. The van der Waals surface area contributed by atoms with Crippen LogP contribution in [0.2, 0.25) is 0 Å². The Bertz CT molecular complexity index is 1010. The van der Waals surface area contributed by atoms with Gasteiger partial charge in [-0.25, -0.2) is 9.59 Å². The van der Waals surface area contributed by atoms with Gasteiger partial charge in [0.2, 0.25) is 5.76 Å². The summed E-state index contributed by atoms with van der Waals surface area (Å²) in [4.78, 5) is 23.3. The van der Waals surface area contributed by atoms with E-state index in [0.29, 0.717) is 22.7 Å². The molecule has 130 valence electrons. The van der Waals surface area contributed by atoms with Crippen LogP contribution in [0, 0.1) is 20.8 Å². The van der Waals surface area contributed by atoms with Gasteiger partial charge in [0, 0.05) is 22.6 Å². The van der Waals surface area contributed by atoms with Gasteiger partial charge in [0.1, 0.15) is 23.7 Å². The first-order valence-corrected chi connectivity index (χ1v) is 7.75. The number of rotatable bonds is 4. The molecule has 0 N–H and O–H groups in total.